The van der Waals surface area contributed by atoms with Crippen LogP contribution in [0.1, 0.15) is 0 Å². The maximum atomic E-state index is 10.2. The van der Waals surface area contributed by atoms with Crippen molar-refractivity contribution in [2.24, 2.45) is 0 Å². The molecule has 0 aliphatic heterocycles. The second-order valence-electron chi connectivity index (χ2n) is 0.882. The minimum absolute atomic E-state index is 0.278. The van der Waals surface area contributed by atoms with E-state index in [1.807, 2.05) is 0 Å². The van der Waals surface area contributed by atoms with Crippen molar-refractivity contribution in [1.29, 1.82) is 0 Å². The molecule has 0 spiro atoms. The van der Waals surface area contributed by atoms with Gasteiger partial charge in [0.2, 0.25) is 0 Å². The SMILES string of the molecule is O=C(OCCl)OC(Cl)Cl. The summed E-state index contributed by atoms with van der Waals surface area (Å²) in [7, 11) is 0. The molecule has 9 heavy (non-hydrogen) atoms. The summed E-state index contributed by atoms with van der Waals surface area (Å²) in [5, 5.41) is -1.21. The Labute approximate surface area is 66.8 Å². The van der Waals surface area contributed by atoms with Gasteiger partial charge in [-0.25, -0.2) is 4.79 Å². The lowest BCUT2D eigenvalue weighted by Gasteiger charge is -2.01. The number of carbonyl (C=O) groups is 1. The van der Waals surface area contributed by atoms with Crippen molar-refractivity contribution in [2.45, 2.75) is 5.02 Å². The highest BCUT2D eigenvalue weighted by molar-refractivity contribution is 6.43. The largest absolute Gasteiger partial charge is 0.511 e. The van der Waals surface area contributed by atoms with Crippen LogP contribution in [0, 0.1) is 0 Å². The highest BCUT2D eigenvalue weighted by atomic mass is 35.5. The van der Waals surface area contributed by atoms with E-state index in [1.54, 1.807) is 0 Å². The van der Waals surface area contributed by atoms with Crippen LogP contribution >= 0.6 is 34.8 Å². The quantitative estimate of drug-likeness (QED) is 0.498. The first-order valence-corrected chi connectivity index (χ1v) is 3.25. The molecule has 0 radical (unpaired) electrons. The van der Waals surface area contributed by atoms with Crippen LogP contribution < -0.4 is 0 Å². The highest BCUT2D eigenvalue weighted by Gasteiger charge is 2.07. The molecule has 0 unspecified atom stereocenters. The third-order valence-electron chi connectivity index (χ3n) is 0.358. The average Bonchev–Trinajstić information content (AvgIpc) is 1.63. The molecule has 0 heterocycles. The summed E-state index contributed by atoms with van der Waals surface area (Å²) in [6, 6.07) is -0.278. The molecule has 6 heteroatoms. The monoisotopic (exact) mass is 192 g/mol. The topological polar surface area (TPSA) is 35.5 Å². The predicted molar refractivity (Wildman–Crippen MR) is 33.8 cm³/mol. The summed E-state index contributed by atoms with van der Waals surface area (Å²) in [6.07, 6.45) is -0.986. The van der Waals surface area contributed by atoms with E-state index >= 15 is 0 Å². The fourth-order valence-electron chi connectivity index (χ4n) is 0.151. The van der Waals surface area contributed by atoms with Crippen LogP contribution in [-0.4, -0.2) is 17.2 Å². The van der Waals surface area contributed by atoms with Gasteiger partial charge >= 0.3 is 6.16 Å². The molecule has 0 rings (SSSR count). The first kappa shape index (κ1) is 9.14. The van der Waals surface area contributed by atoms with Gasteiger partial charge < -0.3 is 9.47 Å². The Kier molecular flexibility index (Phi) is 5.04. The second-order valence-corrected chi connectivity index (χ2v) is 2.12. The third-order valence-corrected chi connectivity index (χ3v) is 0.645. The van der Waals surface area contributed by atoms with Crippen molar-refractivity contribution >= 4 is 41.0 Å². The van der Waals surface area contributed by atoms with Crippen LogP contribution in [0.5, 0.6) is 0 Å². The van der Waals surface area contributed by atoms with Gasteiger partial charge in [-0.15, -0.1) is 0 Å². The third kappa shape index (κ3) is 6.02. The zero-order valence-corrected chi connectivity index (χ0v) is 6.41. The molecule has 0 aliphatic rings. The Hall–Kier alpha value is 0.140. The summed E-state index contributed by atoms with van der Waals surface area (Å²) in [5.74, 6) is 0. The molecule has 3 nitrogen and oxygen atoms in total. The molecule has 0 saturated heterocycles. The van der Waals surface area contributed by atoms with E-state index in [9.17, 15) is 4.79 Å². The fraction of sp³-hybridized carbons (Fsp3) is 0.667. The van der Waals surface area contributed by atoms with Crippen LogP contribution in [-0.2, 0) is 9.47 Å². The van der Waals surface area contributed by atoms with Crippen molar-refractivity contribution in [3.63, 3.8) is 0 Å². The van der Waals surface area contributed by atoms with Gasteiger partial charge in [0.25, 0.3) is 5.02 Å². The van der Waals surface area contributed by atoms with Gasteiger partial charge in [0.05, 0.1) is 0 Å². The number of carbonyl (C=O) groups excluding carboxylic acids is 1. The summed E-state index contributed by atoms with van der Waals surface area (Å²) in [6.45, 7) is 0. The summed E-state index contributed by atoms with van der Waals surface area (Å²) in [5.41, 5.74) is 0. The minimum Gasteiger partial charge on any atom is -0.418 e. The first-order chi connectivity index (χ1) is 4.16. The highest BCUT2D eigenvalue weighted by Crippen LogP contribution is 2.04. The van der Waals surface area contributed by atoms with Crippen molar-refractivity contribution in [3.05, 3.63) is 0 Å². The lowest BCUT2D eigenvalue weighted by Crippen LogP contribution is -2.08. The van der Waals surface area contributed by atoms with Crippen LogP contribution in [0.2, 0.25) is 0 Å². The molecule has 0 aromatic rings. The standard InChI is InChI=1S/C3H3Cl3O3/c4-1-8-3(7)9-2(5)6/h2H,1H2. The van der Waals surface area contributed by atoms with Gasteiger partial charge in [0.1, 0.15) is 0 Å². The van der Waals surface area contributed by atoms with Crippen LogP contribution in [0.25, 0.3) is 0 Å². The van der Waals surface area contributed by atoms with Gasteiger partial charge in [-0.1, -0.05) is 34.8 Å². The van der Waals surface area contributed by atoms with Crippen molar-refractivity contribution in [2.75, 3.05) is 6.07 Å². The Morgan fingerprint density at radius 2 is 2.11 bits per heavy atom. The van der Waals surface area contributed by atoms with Crippen molar-refractivity contribution < 1.29 is 14.3 Å². The molecule has 0 saturated carbocycles. The summed E-state index contributed by atoms with van der Waals surface area (Å²) in [4.78, 5) is 10.2. The smallest absolute Gasteiger partial charge is 0.418 e. The van der Waals surface area contributed by atoms with Crippen molar-refractivity contribution in [1.82, 2.24) is 0 Å². The van der Waals surface area contributed by atoms with E-state index in [4.69, 9.17) is 34.8 Å². The number of ether oxygens (including phenoxy) is 2. The predicted octanol–water partition coefficient (Wildman–Crippen LogP) is 2.10. The van der Waals surface area contributed by atoms with E-state index in [1.165, 1.54) is 0 Å². The van der Waals surface area contributed by atoms with Gasteiger partial charge in [-0.05, 0) is 0 Å². The summed E-state index contributed by atoms with van der Waals surface area (Å²) >= 11 is 15.0. The number of rotatable bonds is 2. The van der Waals surface area contributed by atoms with Crippen LogP contribution in [0.3, 0.4) is 0 Å². The van der Waals surface area contributed by atoms with E-state index < -0.39 is 11.2 Å². The number of hydrogen-bond acceptors (Lipinski definition) is 3. The Morgan fingerprint density at radius 1 is 1.56 bits per heavy atom. The molecule has 0 atom stereocenters. The molecule has 0 aromatic carbocycles. The summed E-state index contributed by atoms with van der Waals surface area (Å²) < 4.78 is 8.16. The molecule has 0 N–H and O–H groups in total. The molecular weight excluding hydrogens is 190 g/mol. The number of alkyl halides is 3. The Morgan fingerprint density at radius 3 is 2.44 bits per heavy atom. The normalized spacial score (nSPS) is 9.33. The Bertz CT molecular complexity index is 94.3. The maximum absolute atomic E-state index is 10.2. The molecule has 0 fully saturated rings. The number of hydrogen-bond donors (Lipinski definition) is 0. The fourth-order valence-corrected chi connectivity index (χ4v) is 0.386. The van der Waals surface area contributed by atoms with Gasteiger partial charge in [0.15, 0.2) is 6.07 Å². The molecular formula is C3H3Cl3O3. The van der Waals surface area contributed by atoms with Gasteiger partial charge in [-0.2, -0.15) is 0 Å². The van der Waals surface area contributed by atoms with Crippen LogP contribution in [0.15, 0.2) is 0 Å². The molecule has 54 valence electrons. The number of halogens is 3. The maximum Gasteiger partial charge on any atom is 0.511 e. The molecule has 0 aromatic heterocycles. The van der Waals surface area contributed by atoms with Crippen molar-refractivity contribution in [3.8, 4) is 0 Å². The van der Waals surface area contributed by atoms with E-state index in [0.717, 1.165) is 0 Å². The zero-order valence-electron chi connectivity index (χ0n) is 4.14. The molecule has 0 bridgehead atoms. The van der Waals surface area contributed by atoms with Gasteiger partial charge in [-0.3, -0.25) is 0 Å². The minimum atomic E-state index is -1.21. The van der Waals surface area contributed by atoms with Crippen LogP contribution in [0.4, 0.5) is 4.79 Å². The van der Waals surface area contributed by atoms with E-state index in [0.29, 0.717) is 0 Å². The van der Waals surface area contributed by atoms with E-state index in [2.05, 4.69) is 9.47 Å². The van der Waals surface area contributed by atoms with Gasteiger partial charge in [0, 0.05) is 0 Å². The zero-order chi connectivity index (χ0) is 7.28. The van der Waals surface area contributed by atoms with E-state index in [-0.39, 0.29) is 6.07 Å². The molecule has 0 aliphatic carbocycles. The lowest BCUT2D eigenvalue weighted by molar-refractivity contribution is 0.0739. The molecule has 0 amide bonds. The Balaban J connectivity index is 3.27. The second kappa shape index (κ2) is 4.97. The first-order valence-electron chi connectivity index (χ1n) is 1.84. The average molecular weight is 193 g/mol. The lowest BCUT2D eigenvalue weighted by atomic mass is 11.3.